The number of carbonyl (C=O) groups excluding carboxylic acids is 1. The Labute approximate surface area is 194 Å². The molecule has 1 spiro atoms. The maximum Gasteiger partial charge on any atom is 0.268 e. The predicted molar refractivity (Wildman–Crippen MR) is 124 cm³/mol. The summed E-state index contributed by atoms with van der Waals surface area (Å²) in [5, 5.41) is 3.32. The molecule has 7 rings (SSSR count). The molecule has 0 aromatic carbocycles. The van der Waals surface area contributed by atoms with E-state index in [0.29, 0.717) is 36.2 Å². The molecule has 176 valence electrons. The van der Waals surface area contributed by atoms with Crippen LogP contribution in [0.5, 0.6) is 0 Å². The first kappa shape index (κ1) is 20.4. The summed E-state index contributed by atoms with van der Waals surface area (Å²) in [5.74, 6) is 3.17. The van der Waals surface area contributed by atoms with E-state index in [9.17, 15) is 13.2 Å². The van der Waals surface area contributed by atoms with Crippen molar-refractivity contribution >= 4 is 21.4 Å². The van der Waals surface area contributed by atoms with Crippen LogP contribution in [0, 0.1) is 28.6 Å². The number of rotatable bonds is 5. The molecule has 1 saturated heterocycles. The number of pyridine rings is 1. The van der Waals surface area contributed by atoms with E-state index < -0.39 is 9.84 Å². The molecular formula is C25H32N4O3S. The maximum absolute atomic E-state index is 13.3. The highest BCUT2D eigenvalue weighted by Crippen LogP contribution is 2.78. The summed E-state index contributed by atoms with van der Waals surface area (Å²) in [5.41, 5.74) is 3.21. The van der Waals surface area contributed by atoms with Gasteiger partial charge in [0.2, 0.25) is 0 Å². The number of hydrogen-bond acceptors (Lipinski definition) is 5. The predicted octanol–water partition coefficient (Wildman–Crippen LogP) is 2.51. The highest BCUT2D eigenvalue weighted by Gasteiger charge is 2.70. The van der Waals surface area contributed by atoms with Crippen LogP contribution < -0.4 is 5.32 Å². The third kappa shape index (κ3) is 3.13. The summed E-state index contributed by atoms with van der Waals surface area (Å²) in [6.07, 6.45) is 10.2. The molecule has 8 heteroatoms. The zero-order valence-electron chi connectivity index (χ0n) is 19.0. The summed E-state index contributed by atoms with van der Waals surface area (Å²) in [7, 11) is -2.90. The number of aromatic nitrogens is 2. The Bertz CT molecular complexity index is 1240. The molecule has 2 aromatic rings. The van der Waals surface area contributed by atoms with E-state index in [-0.39, 0.29) is 17.4 Å². The fourth-order valence-corrected chi connectivity index (χ4v) is 9.84. The fraction of sp³-hybridized carbons (Fsp3) is 0.680. The van der Waals surface area contributed by atoms with Gasteiger partial charge in [0.1, 0.15) is 11.3 Å². The van der Waals surface area contributed by atoms with Gasteiger partial charge in [-0.25, -0.2) is 13.4 Å². The molecule has 1 aliphatic heterocycles. The minimum atomic E-state index is -2.90. The number of carbonyl (C=O) groups is 1. The van der Waals surface area contributed by atoms with Crippen molar-refractivity contribution in [2.45, 2.75) is 45.1 Å². The molecule has 5 fully saturated rings. The molecule has 0 radical (unpaired) electrons. The SMILES string of the molecule is O=C(NCC12CC3CC4CC(C1)C4(C3)C2)c1cccc2nc(CN3CCS(=O)(=O)CC3)cn12. The zero-order valence-corrected chi connectivity index (χ0v) is 19.8. The average Bonchev–Trinajstić information content (AvgIpc) is 3.33. The molecule has 3 heterocycles. The molecule has 5 unspecified atom stereocenters. The van der Waals surface area contributed by atoms with Crippen LogP contribution in [-0.4, -0.2) is 59.7 Å². The van der Waals surface area contributed by atoms with Gasteiger partial charge in [-0.15, -0.1) is 0 Å². The van der Waals surface area contributed by atoms with Gasteiger partial charge in [-0.05, 0) is 79.2 Å². The van der Waals surface area contributed by atoms with Gasteiger partial charge in [0.25, 0.3) is 5.91 Å². The van der Waals surface area contributed by atoms with Crippen molar-refractivity contribution in [2.24, 2.45) is 28.6 Å². The van der Waals surface area contributed by atoms with E-state index in [2.05, 4.69) is 10.2 Å². The van der Waals surface area contributed by atoms with Crippen molar-refractivity contribution in [1.82, 2.24) is 19.6 Å². The Hall–Kier alpha value is -1.93. The Kier molecular flexibility index (Phi) is 4.22. The monoisotopic (exact) mass is 468 g/mol. The Morgan fingerprint density at radius 2 is 1.97 bits per heavy atom. The van der Waals surface area contributed by atoms with Crippen LogP contribution in [0.2, 0.25) is 0 Å². The lowest BCUT2D eigenvalue weighted by Crippen LogP contribution is -2.43. The smallest absolute Gasteiger partial charge is 0.268 e. The molecule has 1 N–H and O–H groups in total. The van der Waals surface area contributed by atoms with Crippen LogP contribution in [-0.2, 0) is 16.4 Å². The van der Waals surface area contributed by atoms with Crippen molar-refractivity contribution in [3.8, 4) is 0 Å². The average molecular weight is 469 g/mol. The molecule has 5 atom stereocenters. The summed E-state index contributed by atoms with van der Waals surface area (Å²) in [4.78, 5) is 20.1. The summed E-state index contributed by atoms with van der Waals surface area (Å²) >= 11 is 0. The first-order valence-electron chi connectivity index (χ1n) is 12.5. The van der Waals surface area contributed by atoms with Crippen LogP contribution in [0.4, 0.5) is 0 Å². The second-order valence-electron chi connectivity index (χ2n) is 11.7. The first-order valence-corrected chi connectivity index (χ1v) is 14.3. The number of sulfone groups is 1. The van der Waals surface area contributed by atoms with E-state index in [1.54, 1.807) is 0 Å². The summed E-state index contributed by atoms with van der Waals surface area (Å²) < 4.78 is 25.3. The number of nitrogens with one attached hydrogen (secondary N) is 1. The van der Waals surface area contributed by atoms with Crippen LogP contribution in [0.15, 0.2) is 24.4 Å². The Morgan fingerprint density at radius 1 is 1.12 bits per heavy atom. The van der Waals surface area contributed by atoms with Gasteiger partial charge < -0.3 is 5.32 Å². The van der Waals surface area contributed by atoms with Gasteiger partial charge in [-0.2, -0.15) is 0 Å². The number of amides is 1. The molecule has 4 saturated carbocycles. The second-order valence-corrected chi connectivity index (χ2v) is 14.0. The number of hydrogen-bond donors (Lipinski definition) is 1. The molecule has 4 aliphatic carbocycles. The standard InChI is InChI=1S/C25H32N4O3S/c30-23(26-16-24-10-17-8-18-9-19(12-24)25(18,11-17)15-24)21-2-1-3-22-27-20(14-29(21)22)13-28-4-6-33(31,32)7-5-28/h1-3,14,17-19H,4-13,15-16H2,(H,26,30). The number of nitrogens with zero attached hydrogens (tertiary/aromatic N) is 3. The van der Waals surface area contributed by atoms with Crippen LogP contribution in [0.1, 0.15) is 54.7 Å². The lowest BCUT2D eigenvalue weighted by molar-refractivity contribution is -0.00254. The maximum atomic E-state index is 13.3. The molecule has 3 bridgehead atoms. The number of imidazole rings is 1. The lowest BCUT2D eigenvalue weighted by Gasteiger charge is -2.49. The van der Waals surface area contributed by atoms with Crippen molar-refractivity contribution in [3.63, 3.8) is 0 Å². The minimum absolute atomic E-state index is 0.0193. The summed E-state index contributed by atoms with van der Waals surface area (Å²) in [6, 6.07) is 5.69. The van der Waals surface area contributed by atoms with Crippen LogP contribution >= 0.6 is 0 Å². The van der Waals surface area contributed by atoms with Crippen molar-refractivity contribution in [1.29, 1.82) is 0 Å². The van der Waals surface area contributed by atoms with Gasteiger partial charge in [-0.1, -0.05) is 6.07 Å². The summed E-state index contributed by atoms with van der Waals surface area (Å²) in [6.45, 7) is 2.48. The van der Waals surface area contributed by atoms with E-state index in [1.807, 2.05) is 28.8 Å². The van der Waals surface area contributed by atoms with Gasteiger partial charge >= 0.3 is 0 Å². The van der Waals surface area contributed by atoms with E-state index in [0.717, 1.165) is 35.6 Å². The third-order valence-corrected chi connectivity index (χ3v) is 11.4. The third-order valence-electron chi connectivity index (χ3n) is 9.81. The van der Waals surface area contributed by atoms with E-state index in [4.69, 9.17) is 4.98 Å². The second kappa shape index (κ2) is 6.81. The number of fused-ring (bicyclic) bond motifs is 3. The normalized spacial score (nSPS) is 38.4. The zero-order chi connectivity index (χ0) is 22.4. The van der Waals surface area contributed by atoms with Crippen molar-refractivity contribution < 1.29 is 13.2 Å². The van der Waals surface area contributed by atoms with Gasteiger partial charge in [0.05, 0.1) is 17.2 Å². The lowest BCUT2D eigenvalue weighted by atomic mass is 9.55. The van der Waals surface area contributed by atoms with Crippen molar-refractivity contribution in [2.75, 3.05) is 31.1 Å². The molecule has 7 nitrogen and oxygen atoms in total. The van der Waals surface area contributed by atoms with Gasteiger partial charge in [-0.3, -0.25) is 14.1 Å². The molecule has 2 aromatic heterocycles. The first-order chi connectivity index (χ1) is 15.8. The molecule has 5 aliphatic rings. The van der Waals surface area contributed by atoms with Crippen LogP contribution in [0.25, 0.3) is 5.65 Å². The van der Waals surface area contributed by atoms with Crippen LogP contribution in [0.3, 0.4) is 0 Å². The van der Waals surface area contributed by atoms with Crippen molar-refractivity contribution in [3.05, 3.63) is 35.8 Å². The highest BCUT2D eigenvalue weighted by molar-refractivity contribution is 7.91. The minimum Gasteiger partial charge on any atom is -0.350 e. The Morgan fingerprint density at radius 3 is 2.82 bits per heavy atom. The Balaban J connectivity index is 1.06. The van der Waals surface area contributed by atoms with E-state index in [1.165, 1.54) is 38.5 Å². The largest absolute Gasteiger partial charge is 0.350 e. The molecular weight excluding hydrogens is 436 g/mol. The van der Waals surface area contributed by atoms with E-state index >= 15 is 0 Å². The van der Waals surface area contributed by atoms with Gasteiger partial charge in [0.15, 0.2) is 9.84 Å². The topological polar surface area (TPSA) is 83.8 Å². The van der Waals surface area contributed by atoms with Gasteiger partial charge in [0, 0.05) is 32.4 Å². The quantitative estimate of drug-likeness (QED) is 0.729. The highest BCUT2D eigenvalue weighted by atomic mass is 32.2. The molecule has 33 heavy (non-hydrogen) atoms. The molecule has 1 amide bonds. The fourth-order valence-electron chi connectivity index (χ4n) is 8.56.